The molecule has 90 valence electrons. The van der Waals surface area contributed by atoms with Crippen LogP contribution in [0.1, 0.15) is 24.4 Å². The van der Waals surface area contributed by atoms with E-state index in [1.165, 1.54) is 40.6 Å². The molecule has 0 unspecified atom stereocenters. The number of aromatic nitrogens is 3. The van der Waals surface area contributed by atoms with Crippen molar-refractivity contribution in [2.24, 2.45) is 0 Å². The summed E-state index contributed by atoms with van der Waals surface area (Å²) in [5.74, 6) is 0. The highest BCUT2D eigenvalue weighted by Crippen LogP contribution is 2.37. The van der Waals surface area contributed by atoms with Crippen LogP contribution in [-0.2, 0) is 0 Å². The fourth-order valence-electron chi connectivity index (χ4n) is 2.60. The summed E-state index contributed by atoms with van der Waals surface area (Å²) in [6, 6.07) is 9.28. The number of aryl methyl sites for hydroxylation is 1. The third kappa shape index (κ3) is 1.40. The SMILES string of the molecule is Cc1cc2c(cnn2C2CC2)cc1-c1ccc[nH]1. The maximum atomic E-state index is 4.53. The minimum atomic E-state index is 0.637. The van der Waals surface area contributed by atoms with Gasteiger partial charge < -0.3 is 4.98 Å². The van der Waals surface area contributed by atoms with Gasteiger partial charge in [0.05, 0.1) is 17.8 Å². The van der Waals surface area contributed by atoms with Crippen molar-refractivity contribution >= 4 is 10.9 Å². The highest BCUT2D eigenvalue weighted by molar-refractivity contribution is 5.86. The first-order valence-electron chi connectivity index (χ1n) is 6.44. The number of hydrogen-bond donors (Lipinski definition) is 1. The van der Waals surface area contributed by atoms with Gasteiger partial charge in [0.15, 0.2) is 0 Å². The third-order valence-electron chi connectivity index (χ3n) is 3.72. The summed E-state index contributed by atoms with van der Waals surface area (Å²) in [6.07, 6.45) is 6.49. The molecule has 1 aliphatic rings. The van der Waals surface area contributed by atoms with Gasteiger partial charge in [-0.3, -0.25) is 4.68 Å². The Morgan fingerprint density at radius 2 is 2.22 bits per heavy atom. The van der Waals surface area contributed by atoms with Gasteiger partial charge in [0.25, 0.3) is 0 Å². The van der Waals surface area contributed by atoms with E-state index in [4.69, 9.17) is 0 Å². The first-order chi connectivity index (χ1) is 8.83. The number of hydrogen-bond acceptors (Lipinski definition) is 1. The molecule has 18 heavy (non-hydrogen) atoms. The Morgan fingerprint density at radius 1 is 1.33 bits per heavy atom. The number of rotatable bonds is 2. The minimum Gasteiger partial charge on any atom is -0.361 e. The summed E-state index contributed by atoms with van der Waals surface area (Å²) in [5.41, 5.74) is 5.01. The van der Waals surface area contributed by atoms with Gasteiger partial charge in [-0.05, 0) is 49.6 Å². The zero-order valence-corrected chi connectivity index (χ0v) is 10.4. The highest BCUT2D eigenvalue weighted by Gasteiger charge is 2.26. The number of aromatic amines is 1. The Kier molecular flexibility index (Phi) is 1.92. The first-order valence-corrected chi connectivity index (χ1v) is 6.44. The van der Waals surface area contributed by atoms with Crippen LogP contribution in [0.5, 0.6) is 0 Å². The number of nitrogens with zero attached hydrogens (tertiary/aromatic N) is 2. The van der Waals surface area contributed by atoms with E-state index in [9.17, 15) is 0 Å². The van der Waals surface area contributed by atoms with E-state index in [0.717, 1.165) is 0 Å². The lowest BCUT2D eigenvalue weighted by Crippen LogP contribution is -1.95. The molecule has 0 spiro atoms. The summed E-state index contributed by atoms with van der Waals surface area (Å²) in [7, 11) is 0. The normalized spacial score (nSPS) is 15.4. The average Bonchev–Trinajstić information content (AvgIpc) is 2.91. The molecule has 4 rings (SSSR count). The van der Waals surface area contributed by atoms with Gasteiger partial charge in [-0.1, -0.05) is 0 Å². The van der Waals surface area contributed by atoms with Crippen molar-refractivity contribution in [2.45, 2.75) is 25.8 Å². The average molecular weight is 237 g/mol. The predicted octanol–water partition coefficient (Wildman–Crippen LogP) is 3.67. The second kappa shape index (κ2) is 3.48. The first kappa shape index (κ1) is 9.95. The predicted molar refractivity (Wildman–Crippen MR) is 72.5 cm³/mol. The van der Waals surface area contributed by atoms with Crippen molar-refractivity contribution in [3.63, 3.8) is 0 Å². The lowest BCUT2D eigenvalue weighted by atomic mass is 10.0. The second-order valence-electron chi connectivity index (χ2n) is 5.13. The molecule has 0 aliphatic heterocycles. The van der Waals surface area contributed by atoms with Crippen molar-refractivity contribution in [1.82, 2.24) is 14.8 Å². The number of nitrogens with one attached hydrogen (secondary N) is 1. The molecular formula is C15H15N3. The fourth-order valence-corrected chi connectivity index (χ4v) is 2.60. The molecular weight excluding hydrogens is 222 g/mol. The quantitative estimate of drug-likeness (QED) is 0.724. The van der Waals surface area contributed by atoms with Gasteiger partial charge >= 0.3 is 0 Å². The van der Waals surface area contributed by atoms with Gasteiger partial charge in [-0.25, -0.2) is 0 Å². The van der Waals surface area contributed by atoms with E-state index in [1.54, 1.807) is 0 Å². The maximum Gasteiger partial charge on any atom is 0.0688 e. The van der Waals surface area contributed by atoms with E-state index in [2.05, 4.69) is 39.9 Å². The van der Waals surface area contributed by atoms with Crippen LogP contribution in [0.4, 0.5) is 0 Å². The zero-order valence-electron chi connectivity index (χ0n) is 10.4. The second-order valence-corrected chi connectivity index (χ2v) is 5.13. The van der Waals surface area contributed by atoms with Gasteiger partial charge in [0, 0.05) is 22.8 Å². The minimum absolute atomic E-state index is 0.637. The molecule has 0 bridgehead atoms. The molecule has 1 N–H and O–H groups in total. The summed E-state index contributed by atoms with van der Waals surface area (Å²) in [4.78, 5) is 3.27. The highest BCUT2D eigenvalue weighted by atomic mass is 15.3. The van der Waals surface area contributed by atoms with Gasteiger partial charge in [0.2, 0.25) is 0 Å². The van der Waals surface area contributed by atoms with Gasteiger partial charge in [-0.2, -0.15) is 5.10 Å². The number of benzene rings is 1. The van der Waals surface area contributed by atoms with Crippen molar-refractivity contribution in [1.29, 1.82) is 0 Å². The molecule has 3 nitrogen and oxygen atoms in total. The van der Waals surface area contributed by atoms with Crippen LogP contribution >= 0.6 is 0 Å². The third-order valence-corrected chi connectivity index (χ3v) is 3.72. The Balaban J connectivity index is 1.94. The molecule has 1 aromatic carbocycles. The van der Waals surface area contributed by atoms with Crippen LogP contribution in [0.15, 0.2) is 36.7 Å². The molecule has 0 radical (unpaired) electrons. The molecule has 1 saturated carbocycles. The van der Waals surface area contributed by atoms with E-state index < -0.39 is 0 Å². The molecule has 1 fully saturated rings. The largest absolute Gasteiger partial charge is 0.361 e. The Labute approximate surface area is 105 Å². The van der Waals surface area contributed by atoms with Gasteiger partial charge in [-0.15, -0.1) is 0 Å². The van der Waals surface area contributed by atoms with Crippen LogP contribution in [0, 0.1) is 6.92 Å². The Hall–Kier alpha value is -2.03. The molecule has 3 aromatic rings. The molecule has 1 aliphatic carbocycles. The summed E-state index contributed by atoms with van der Waals surface area (Å²) < 4.78 is 2.18. The number of H-pyrrole nitrogens is 1. The van der Waals surface area contributed by atoms with Crippen LogP contribution < -0.4 is 0 Å². The standard InChI is InChI=1S/C15H15N3/c1-10-7-15-11(9-17-18(15)12-4-5-12)8-13(10)14-3-2-6-16-14/h2-3,6-9,12,16H,4-5H2,1H3. The summed E-state index contributed by atoms with van der Waals surface area (Å²) in [6.45, 7) is 2.17. The zero-order chi connectivity index (χ0) is 12.1. The van der Waals surface area contributed by atoms with Crippen LogP contribution in [-0.4, -0.2) is 14.8 Å². The van der Waals surface area contributed by atoms with Crippen LogP contribution in [0.3, 0.4) is 0 Å². The summed E-state index contributed by atoms with van der Waals surface area (Å²) >= 11 is 0. The lowest BCUT2D eigenvalue weighted by Gasteiger charge is -2.06. The van der Waals surface area contributed by atoms with E-state index in [0.29, 0.717) is 6.04 Å². The van der Waals surface area contributed by atoms with E-state index >= 15 is 0 Å². The maximum absolute atomic E-state index is 4.53. The van der Waals surface area contributed by atoms with Crippen molar-refractivity contribution in [3.05, 3.63) is 42.2 Å². The molecule has 3 heteroatoms. The van der Waals surface area contributed by atoms with Crippen LogP contribution in [0.2, 0.25) is 0 Å². The topological polar surface area (TPSA) is 33.6 Å². The molecule has 0 amide bonds. The van der Waals surface area contributed by atoms with Crippen molar-refractivity contribution in [3.8, 4) is 11.3 Å². The van der Waals surface area contributed by atoms with Crippen LogP contribution in [0.25, 0.3) is 22.2 Å². The van der Waals surface area contributed by atoms with Crippen molar-refractivity contribution < 1.29 is 0 Å². The molecule has 2 aromatic heterocycles. The molecule has 0 saturated heterocycles. The van der Waals surface area contributed by atoms with Gasteiger partial charge in [0.1, 0.15) is 0 Å². The summed E-state index contributed by atoms with van der Waals surface area (Å²) in [5, 5.41) is 5.76. The monoisotopic (exact) mass is 237 g/mol. The van der Waals surface area contributed by atoms with Crippen molar-refractivity contribution in [2.75, 3.05) is 0 Å². The molecule has 0 atom stereocenters. The Bertz CT molecular complexity index is 703. The lowest BCUT2D eigenvalue weighted by molar-refractivity contribution is 0.665. The van der Waals surface area contributed by atoms with E-state index in [1.807, 2.05) is 18.5 Å². The molecule has 2 heterocycles. The fraction of sp³-hybridized carbons (Fsp3) is 0.267. The smallest absolute Gasteiger partial charge is 0.0688 e. The Morgan fingerprint density at radius 3 is 2.94 bits per heavy atom. The number of fused-ring (bicyclic) bond motifs is 1. The van der Waals surface area contributed by atoms with E-state index in [-0.39, 0.29) is 0 Å².